The maximum Gasteiger partial charge on any atom is 0.407 e. The van der Waals surface area contributed by atoms with Crippen LogP contribution in [0, 0.1) is 5.92 Å². The average Bonchev–Trinajstić information content (AvgIpc) is 3.13. The van der Waals surface area contributed by atoms with Crippen molar-refractivity contribution in [3.8, 4) is 11.1 Å². The van der Waals surface area contributed by atoms with Crippen molar-refractivity contribution in [2.24, 2.45) is 5.92 Å². The van der Waals surface area contributed by atoms with E-state index in [1.54, 1.807) is 0 Å². The van der Waals surface area contributed by atoms with Gasteiger partial charge in [0, 0.05) is 24.6 Å². The van der Waals surface area contributed by atoms with Gasteiger partial charge >= 0.3 is 12.1 Å². The van der Waals surface area contributed by atoms with Crippen molar-refractivity contribution >= 4 is 18.0 Å². The van der Waals surface area contributed by atoms with Gasteiger partial charge in [0.25, 0.3) is 0 Å². The summed E-state index contributed by atoms with van der Waals surface area (Å²) in [4.78, 5) is 35.7. The highest BCUT2D eigenvalue weighted by Crippen LogP contribution is 2.44. The number of benzene rings is 2. The number of aliphatic carboxylic acids is 1. The third-order valence-electron chi connectivity index (χ3n) is 5.87. The molecule has 0 fully saturated rings. The molecule has 2 aromatic carbocycles. The number of hydrogen-bond acceptors (Lipinski definition) is 4. The van der Waals surface area contributed by atoms with Crippen molar-refractivity contribution in [2.45, 2.75) is 32.6 Å². The lowest BCUT2D eigenvalue weighted by atomic mass is 9.98. The zero-order chi connectivity index (χ0) is 23.8. The molecule has 7 heteroatoms. The predicted octanol–water partition coefficient (Wildman–Crippen LogP) is 4.09. The smallest absolute Gasteiger partial charge is 0.407 e. The molecule has 33 heavy (non-hydrogen) atoms. The van der Waals surface area contributed by atoms with Crippen molar-refractivity contribution < 1.29 is 24.2 Å². The molecular formula is C26H30N2O5. The Morgan fingerprint density at radius 3 is 2.21 bits per heavy atom. The van der Waals surface area contributed by atoms with Crippen molar-refractivity contribution in [3.63, 3.8) is 0 Å². The lowest BCUT2D eigenvalue weighted by Crippen LogP contribution is -2.39. The van der Waals surface area contributed by atoms with E-state index in [4.69, 9.17) is 9.84 Å². The molecule has 174 valence electrons. The van der Waals surface area contributed by atoms with Crippen LogP contribution in [-0.4, -0.2) is 42.8 Å². The van der Waals surface area contributed by atoms with E-state index in [0.717, 1.165) is 28.7 Å². The topological polar surface area (TPSA) is 105 Å². The molecule has 3 N–H and O–H groups in total. The molecule has 0 radical (unpaired) electrons. The summed E-state index contributed by atoms with van der Waals surface area (Å²) in [6.07, 6.45) is 2.25. The molecule has 1 unspecified atom stereocenters. The van der Waals surface area contributed by atoms with Gasteiger partial charge in [0.15, 0.2) is 0 Å². The fourth-order valence-electron chi connectivity index (χ4n) is 4.07. The number of hydrogen-bond donors (Lipinski definition) is 3. The molecule has 0 spiro atoms. The average molecular weight is 451 g/mol. The Morgan fingerprint density at radius 1 is 1.03 bits per heavy atom. The number of carbonyl (C=O) groups is 3. The third-order valence-corrected chi connectivity index (χ3v) is 5.87. The zero-order valence-electron chi connectivity index (χ0n) is 19.0. The molecule has 0 aromatic heterocycles. The Labute approximate surface area is 193 Å². The van der Waals surface area contributed by atoms with Crippen LogP contribution in [0.15, 0.2) is 60.2 Å². The molecular weight excluding hydrogens is 420 g/mol. The molecule has 2 amide bonds. The van der Waals surface area contributed by atoms with Crippen LogP contribution in [0.25, 0.3) is 11.1 Å². The normalized spacial score (nSPS) is 13.6. The largest absolute Gasteiger partial charge is 0.478 e. The summed E-state index contributed by atoms with van der Waals surface area (Å²) in [7, 11) is 0. The molecule has 1 aliphatic rings. The summed E-state index contributed by atoms with van der Waals surface area (Å²) in [6, 6.07) is 16.3. The van der Waals surface area contributed by atoms with Gasteiger partial charge in [-0.1, -0.05) is 68.0 Å². The first-order valence-corrected chi connectivity index (χ1v) is 11.2. The van der Waals surface area contributed by atoms with Crippen LogP contribution in [0.1, 0.15) is 43.7 Å². The van der Waals surface area contributed by atoms with E-state index in [9.17, 15) is 14.4 Å². The maximum atomic E-state index is 12.5. The van der Waals surface area contributed by atoms with E-state index in [-0.39, 0.29) is 37.1 Å². The molecule has 0 saturated carbocycles. The quantitative estimate of drug-likeness (QED) is 0.473. The van der Waals surface area contributed by atoms with Gasteiger partial charge in [0.2, 0.25) is 5.91 Å². The lowest BCUT2D eigenvalue weighted by Gasteiger charge is -2.18. The second-order valence-electron chi connectivity index (χ2n) is 8.13. The van der Waals surface area contributed by atoms with Crippen molar-refractivity contribution in [2.75, 3.05) is 19.7 Å². The molecule has 3 rings (SSSR count). The molecule has 0 aliphatic heterocycles. The predicted molar refractivity (Wildman–Crippen MR) is 126 cm³/mol. The highest BCUT2D eigenvalue weighted by atomic mass is 16.5. The number of nitrogens with one attached hydrogen (secondary N) is 2. The van der Waals surface area contributed by atoms with Gasteiger partial charge in [-0.05, 0) is 35.6 Å². The van der Waals surface area contributed by atoms with E-state index >= 15 is 0 Å². The SMILES string of the molecule is CCCC(CNC(=O)OCC1c2ccccc2-c2ccccc21)C(=O)NC/C=C(\C)C(=O)O. The van der Waals surface area contributed by atoms with E-state index in [2.05, 4.69) is 34.9 Å². The van der Waals surface area contributed by atoms with Gasteiger partial charge in [-0.15, -0.1) is 0 Å². The van der Waals surface area contributed by atoms with E-state index in [1.165, 1.54) is 13.0 Å². The summed E-state index contributed by atoms with van der Waals surface area (Å²) in [5, 5.41) is 14.3. The Morgan fingerprint density at radius 2 is 1.64 bits per heavy atom. The zero-order valence-corrected chi connectivity index (χ0v) is 19.0. The number of rotatable bonds is 10. The highest BCUT2D eigenvalue weighted by Gasteiger charge is 2.29. The summed E-state index contributed by atoms with van der Waals surface area (Å²) < 4.78 is 5.53. The molecule has 2 aromatic rings. The minimum Gasteiger partial charge on any atom is -0.478 e. The molecule has 7 nitrogen and oxygen atoms in total. The van der Waals surface area contributed by atoms with Crippen molar-refractivity contribution in [1.82, 2.24) is 10.6 Å². The van der Waals surface area contributed by atoms with Crippen molar-refractivity contribution in [3.05, 3.63) is 71.3 Å². The minimum atomic E-state index is -1.02. The second kappa shape index (κ2) is 11.3. The monoisotopic (exact) mass is 450 g/mol. The van der Waals surface area contributed by atoms with Crippen LogP contribution in [0.4, 0.5) is 4.79 Å². The Hall–Kier alpha value is -3.61. The fraction of sp³-hybridized carbons (Fsp3) is 0.346. The first kappa shape index (κ1) is 24.0. The van der Waals surface area contributed by atoms with E-state index in [0.29, 0.717) is 6.42 Å². The Bertz CT molecular complexity index is 1000. The van der Waals surface area contributed by atoms with Crippen LogP contribution < -0.4 is 10.6 Å². The van der Waals surface area contributed by atoms with Crippen LogP contribution in [0.5, 0.6) is 0 Å². The fourth-order valence-corrected chi connectivity index (χ4v) is 4.07. The van der Waals surface area contributed by atoms with E-state index in [1.807, 2.05) is 31.2 Å². The standard InChI is InChI=1S/C26H30N2O5/c1-3-8-18(24(29)27-14-13-17(2)25(30)31)15-28-26(32)33-16-23-21-11-6-4-9-19(21)20-10-5-7-12-22(20)23/h4-7,9-13,18,23H,3,8,14-16H2,1-2H3,(H,27,29)(H,28,32)(H,30,31)/b17-13+. The van der Waals surface area contributed by atoms with Gasteiger partial charge in [-0.3, -0.25) is 4.79 Å². The first-order chi connectivity index (χ1) is 15.9. The van der Waals surface area contributed by atoms with Crippen LogP contribution >= 0.6 is 0 Å². The van der Waals surface area contributed by atoms with Gasteiger partial charge in [0.1, 0.15) is 6.61 Å². The number of carboxylic acid groups (broad SMARTS) is 1. The third kappa shape index (κ3) is 6.00. The Kier molecular flexibility index (Phi) is 8.24. The molecule has 1 aliphatic carbocycles. The van der Waals surface area contributed by atoms with Crippen molar-refractivity contribution in [1.29, 1.82) is 0 Å². The number of amides is 2. The minimum absolute atomic E-state index is 0.0258. The summed E-state index contributed by atoms with van der Waals surface area (Å²) in [5.74, 6) is -1.70. The van der Waals surface area contributed by atoms with Crippen LogP contribution in [-0.2, 0) is 14.3 Å². The van der Waals surface area contributed by atoms with Gasteiger partial charge in [-0.2, -0.15) is 0 Å². The van der Waals surface area contributed by atoms with Crippen LogP contribution in [0.2, 0.25) is 0 Å². The number of ether oxygens (including phenoxy) is 1. The lowest BCUT2D eigenvalue weighted by molar-refractivity contribution is -0.132. The summed E-state index contributed by atoms with van der Waals surface area (Å²) in [5.41, 5.74) is 4.76. The molecule has 0 heterocycles. The van der Waals surface area contributed by atoms with E-state index < -0.39 is 18.0 Å². The molecule has 1 atom stereocenters. The Balaban J connectivity index is 1.53. The van der Waals surface area contributed by atoms with Crippen LogP contribution in [0.3, 0.4) is 0 Å². The maximum absolute atomic E-state index is 12.5. The van der Waals surface area contributed by atoms with Gasteiger partial charge in [0.05, 0.1) is 5.92 Å². The number of carboxylic acids is 1. The number of carbonyl (C=O) groups excluding carboxylic acids is 2. The number of alkyl carbamates (subject to hydrolysis) is 1. The van der Waals surface area contributed by atoms with Gasteiger partial charge < -0.3 is 20.5 Å². The molecule has 0 bridgehead atoms. The first-order valence-electron chi connectivity index (χ1n) is 11.2. The number of fused-ring (bicyclic) bond motifs is 3. The van der Waals surface area contributed by atoms with Gasteiger partial charge in [-0.25, -0.2) is 9.59 Å². The second-order valence-corrected chi connectivity index (χ2v) is 8.13. The summed E-state index contributed by atoms with van der Waals surface area (Å²) in [6.45, 7) is 3.92. The summed E-state index contributed by atoms with van der Waals surface area (Å²) >= 11 is 0. The molecule has 0 saturated heterocycles. The highest BCUT2D eigenvalue weighted by molar-refractivity contribution is 5.86.